The first-order valence-corrected chi connectivity index (χ1v) is 14.3. The van der Waals surface area contributed by atoms with E-state index in [0.29, 0.717) is 37.4 Å². The van der Waals surface area contributed by atoms with E-state index < -0.39 is 11.4 Å². The number of carbonyl (C=O) groups is 2. The third kappa shape index (κ3) is 5.75. The fourth-order valence-corrected chi connectivity index (χ4v) is 6.07. The van der Waals surface area contributed by atoms with Crippen LogP contribution in [0.1, 0.15) is 63.9 Å². The fraction of sp³-hybridized carbons (Fsp3) is 0.414. The molecule has 0 unspecified atom stereocenters. The highest BCUT2D eigenvalue weighted by atomic mass is 79.9. The van der Waals surface area contributed by atoms with Gasteiger partial charge in [0.1, 0.15) is 11.3 Å². The number of carboxylic acids is 1. The lowest BCUT2D eigenvalue weighted by molar-refractivity contribution is -0.151. The van der Waals surface area contributed by atoms with Gasteiger partial charge in [0.25, 0.3) is 0 Å². The van der Waals surface area contributed by atoms with Crippen LogP contribution >= 0.6 is 15.9 Å². The van der Waals surface area contributed by atoms with Gasteiger partial charge < -0.3 is 14.4 Å². The number of aromatic amines is 1. The van der Waals surface area contributed by atoms with Crippen molar-refractivity contribution in [2.45, 2.75) is 64.8 Å². The number of fused-ring (bicyclic) bond motifs is 1. The maximum atomic E-state index is 13.3. The quantitative estimate of drug-likeness (QED) is 0.188. The van der Waals surface area contributed by atoms with E-state index in [4.69, 9.17) is 4.42 Å². The van der Waals surface area contributed by atoms with Crippen LogP contribution in [0, 0.1) is 5.41 Å². The summed E-state index contributed by atoms with van der Waals surface area (Å²) < 4.78 is 7.01. The fourth-order valence-electron chi connectivity index (χ4n) is 5.45. The molecule has 1 fully saturated rings. The Morgan fingerprint density at radius 3 is 2.51 bits per heavy atom. The van der Waals surface area contributed by atoms with Crippen molar-refractivity contribution in [1.82, 2.24) is 25.5 Å². The molecule has 1 aliphatic carbocycles. The number of H-pyrrole nitrogens is 1. The van der Waals surface area contributed by atoms with Crippen molar-refractivity contribution in [3.8, 4) is 22.7 Å². The molecule has 0 radical (unpaired) electrons. The maximum absolute atomic E-state index is 13.3. The summed E-state index contributed by atoms with van der Waals surface area (Å²) in [4.78, 5) is 27.3. The van der Waals surface area contributed by atoms with Crippen molar-refractivity contribution in [3.05, 3.63) is 52.5 Å². The summed E-state index contributed by atoms with van der Waals surface area (Å²) in [5.41, 5.74) is 2.53. The van der Waals surface area contributed by atoms with Crippen molar-refractivity contribution in [1.29, 1.82) is 0 Å². The van der Waals surface area contributed by atoms with Gasteiger partial charge in [-0.15, -0.1) is 10.2 Å². The van der Waals surface area contributed by atoms with E-state index in [1.54, 1.807) is 4.90 Å². The molecule has 2 aromatic heterocycles. The number of tetrazole rings is 1. The summed E-state index contributed by atoms with van der Waals surface area (Å²) in [6.45, 7) is 2.72. The number of aliphatic carboxylic acids is 1. The summed E-state index contributed by atoms with van der Waals surface area (Å²) >= 11 is 3.72. The number of halogens is 1. The summed E-state index contributed by atoms with van der Waals surface area (Å²) in [7, 11) is 0. The number of rotatable bonds is 11. The Hall–Kier alpha value is -3.53. The molecule has 1 saturated carbocycles. The first-order valence-electron chi connectivity index (χ1n) is 13.5. The van der Waals surface area contributed by atoms with Crippen molar-refractivity contribution in [3.63, 3.8) is 0 Å². The van der Waals surface area contributed by atoms with Crippen LogP contribution in [0.25, 0.3) is 33.7 Å². The van der Waals surface area contributed by atoms with E-state index in [1.165, 1.54) is 0 Å². The Morgan fingerprint density at radius 2 is 1.85 bits per heavy atom. The van der Waals surface area contributed by atoms with Crippen molar-refractivity contribution < 1.29 is 19.1 Å². The third-order valence-corrected chi connectivity index (χ3v) is 8.46. The summed E-state index contributed by atoms with van der Waals surface area (Å²) in [5, 5.41) is 25.1. The summed E-state index contributed by atoms with van der Waals surface area (Å²) in [6, 6.07) is 13.6. The van der Waals surface area contributed by atoms with Gasteiger partial charge >= 0.3 is 5.97 Å². The molecule has 2 N–H and O–H groups in total. The zero-order valence-electron chi connectivity index (χ0n) is 22.0. The van der Waals surface area contributed by atoms with Gasteiger partial charge in [-0.05, 0) is 58.1 Å². The van der Waals surface area contributed by atoms with E-state index in [-0.39, 0.29) is 12.5 Å². The molecule has 10 heteroatoms. The van der Waals surface area contributed by atoms with Crippen LogP contribution in [0.5, 0.6) is 0 Å². The first kappa shape index (κ1) is 27.1. The number of furan rings is 1. The van der Waals surface area contributed by atoms with E-state index in [1.807, 2.05) is 42.5 Å². The smallest absolute Gasteiger partial charge is 0.311 e. The molecule has 204 valence electrons. The largest absolute Gasteiger partial charge is 0.481 e. The molecule has 5 rings (SSSR count). The highest BCUT2D eigenvalue weighted by Crippen LogP contribution is 2.41. The Kier molecular flexibility index (Phi) is 8.11. The molecule has 2 aromatic carbocycles. The zero-order chi connectivity index (χ0) is 27.4. The average molecular weight is 595 g/mol. The number of amides is 1. The topological polar surface area (TPSA) is 125 Å². The van der Waals surface area contributed by atoms with Crippen LogP contribution < -0.4 is 0 Å². The second-order valence-corrected chi connectivity index (χ2v) is 11.2. The maximum Gasteiger partial charge on any atom is 0.311 e. The minimum atomic E-state index is -0.860. The minimum absolute atomic E-state index is 0.0183. The van der Waals surface area contributed by atoms with E-state index in [0.717, 1.165) is 64.2 Å². The molecule has 4 aromatic rings. The van der Waals surface area contributed by atoms with Gasteiger partial charge in [0.2, 0.25) is 11.7 Å². The number of aromatic nitrogens is 4. The highest BCUT2D eigenvalue weighted by molar-refractivity contribution is 9.10. The molecule has 9 nitrogen and oxygen atoms in total. The highest BCUT2D eigenvalue weighted by Gasteiger charge is 2.43. The summed E-state index contributed by atoms with van der Waals surface area (Å²) in [6.07, 6.45) is 6.26. The number of unbranched alkanes of at least 4 members (excludes halogenated alkanes) is 2. The Bertz CT molecular complexity index is 1440. The molecule has 0 atom stereocenters. The number of carbonyl (C=O) groups excluding carboxylic acids is 1. The molecule has 0 bridgehead atoms. The predicted molar refractivity (Wildman–Crippen MR) is 151 cm³/mol. The van der Waals surface area contributed by atoms with Crippen LogP contribution in [0.2, 0.25) is 0 Å². The number of carboxylic acid groups (broad SMARTS) is 1. The van der Waals surface area contributed by atoms with Gasteiger partial charge in [-0.1, -0.05) is 62.9 Å². The van der Waals surface area contributed by atoms with E-state index >= 15 is 0 Å². The lowest BCUT2D eigenvalue weighted by Gasteiger charge is -2.32. The van der Waals surface area contributed by atoms with Crippen LogP contribution in [0.3, 0.4) is 0 Å². The van der Waals surface area contributed by atoms with Gasteiger partial charge in [-0.3, -0.25) is 9.59 Å². The molecule has 2 heterocycles. The van der Waals surface area contributed by atoms with Gasteiger partial charge in [0, 0.05) is 36.0 Å². The standard InChI is InChI=1S/C29H32BrN5O4/c1-2-3-4-7-24(36)35(18-29(28(37)38)14-5-6-15-29)17-19-8-13-23-22(16-19)25(30)26(39-23)20-9-11-21(12-10-20)27-31-33-34-32-27/h8-13,16H,2-7,14-15,17-18H2,1H3,(H,37,38)(H,31,32,33,34). The molecular formula is C29H32BrN5O4. The number of benzene rings is 2. The molecule has 39 heavy (non-hydrogen) atoms. The molecule has 0 aliphatic heterocycles. The first-order chi connectivity index (χ1) is 18.9. The monoisotopic (exact) mass is 593 g/mol. The van der Waals surface area contributed by atoms with Gasteiger partial charge in [-0.25, -0.2) is 0 Å². The lowest BCUT2D eigenvalue weighted by Crippen LogP contribution is -2.44. The SMILES string of the molecule is CCCCCC(=O)N(Cc1ccc2oc(-c3ccc(-c4nn[nH]n4)cc3)c(Br)c2c1)CC1(C(=O)O)CCCC1. The summed E-state index contributed by atoms with van der Waals surface area (Å²) in [5.74, 6) is 0.440. The molecule has 1 amide bonds. The number of nitrogens with zero attached hydrogens (tertiary/aromatic N) is 4. The van der Waals surface area contributed by atoms with Crippen LogP contribution in [0.4, 0.5) is 0 Å². The van der Waals surface area contributed by atoms with Crippen LogP contribution in [-0.2, 0) is 16.1 Å². The normalized spacial score (nSPS) is 14.6. The molecular weight excluding hydrogens is 562 g/mol. The average Bonchev–Trinajstić information content (AvgIpc) is 3.70. The van der Waals surface area contributed by atoms with E-state index in [2.05, 4.69) is 43.5 Å². The van der Waals surface area contributed by atoms with Gasteiger partial charge in [0.15, 0.2) is 0 Å². The predicted octanol–water partition coefficient (Wildman–Crippen LogP) is 6.60. The third-order valence-electron chi connectivity index (χ3n) is 7.67. The van der Waals surface area contributed by atoms with Crippen molar-refractivity contribution in [2.24, 2.45) is 5.41 Å². The Labute approximate surface area is 235 Å². The number of nitrogens with one attached hydrogen (secondary N) is 1. The molecule has 1 aliphatic rings. The van der Waals surface area contributed by atoms with Gasteiger partial charge in [-0.2, -0.15) is 5.21 Å². The van der Waals surface area contributed by atoms with Crippen molar-refractivity contribution >= 4 is 38.8 Å². The molecule has 0 spiro atoms. The number of hydrogen-bond donors (Lipinski definition) is 2. The van der Waals surface area contributed by atoms with Gasteiger partial charge in [0.05, 0.1) is 9.89 Å². The second-order valence-electron chi connectivity index (χ2n) is 10.4. The second kappa shape index (κ2) is 11.7. The Morgan fingerprint density at radius 1 is 1.10 bits per heavy atom. The number of hydrogen-bond acceptors (Lipinski definition) is 6. The van der Waals surface area contributed by atoms with Crippen LogP contribution in [0.15, 0.2) is 51.4 Å². The molecule has 0 saturated heterocycles. The zero-order valence-corrected chi connectivity index (χ0v) is 23.5. The minimum Gasteiger partial charge on any atom is -0.481 e. The lowest BCUT2D eigenvalue weighted by atomic mass is 9.85. The Balaban J connectivity index is 1.40. The van der Waals surface area contributed by atoms with E-state index in [9.17, 15) is 14.7 Å². The van der Waals surface area contributed by atoms with Crippen molar-refractivity contribution in [2.75, 3.05) is 6.54 Å². The van der Waals surface area contributed by atoms with Crippen LogP contribution in [-0.4, -0.2) is 49.1 Å².